The molecule has 0 bridgehead atoms. The highest BCUT2D eigenvalue weighted by atomic mass is 32.1. The average molecular weight is 166 g/mol. The number of rotatable bonds is 1. The second-order valence-electron chi connectivity index (χ2n) is 1.000. The molecule has 0 fully saturated rings. The smallest absolute Gasteiger partial charge is 0.0814 e. The van der Waals surface area contributed by atoms with Crippen molar-refractivity contribution < 1.29 is 14.1 Å². The van der Waals surface area contributed by atoms with Crippen molar-refractivity contribution in [1.82, 2.24) is 0 Å². The molecule has 0 amide bonds. The first-order valence-electron chi connectivity index (χ1n) is 1.91. The molecule has 0 rings (SSSR count). The minimum Gasteiger partial charge on any atom is -0.269 e. The van der Waals surface area contributed by atoms with Gasteiger partial charge in [-0.15, -0.1) is 0 Å². The van der Waals surface area contributed by atoms with Gasteiger partial charge in [-0.1, -0.05) is 26.7 Å². The molecule has 0 aliphatic carbocycles. The summed E-state index contributed by atoms with van der Waals surface area (Å²) in [7, 11) is 0. The van der Waals surface area contributed by atoms with Crippen LogP contribution in [0.4, 0.5) is 14.1 Å². The van der Waals surface area contributed by atoms with Crippen molar-refractivity contribution in [2.24, 2.45) is 0 Å². The van der Waals surface area contributed by atoms with E-state index in [4.69, 9.17) is 0 Å². The second-order valence-corrected chi connectivity index (χ2v) is 1.000. The fraction of sp³-hybridized carbons (Fsp3) is 1.00. The summed E-state index contributed by atoms with van der Waals surface area (Å²) in [6.45, 7) is 4.36. The third kappa shape index (κ3) is 218. The molecule has 0 N–H and O–H groups in total. The molecule has 9 heavy (non-hydrogen) atoms. The summed E-state index contributed by atoms with van der Waals surface area (Å²) in [4.78, 5) is 0. The predicted molar refractivity (Wildman–Crippen MR) is 48.4 cm³/mol. The predicted octanol–water partition coefficient (Wildman–Crippen LogP) is 1.19. The van der Waals surface area contributed by atoms with E-state index >= 15 is 0 Å². The van der Waals surface area contributed by atoms with E-state index in [1.165, 1.54) is 12.8 Å². The van der Waals surface area contributed by atoms with Crippen LogP contribution >= 0.6 is 13.5 Å². The van der Waals surface area contributed by atoms with Crippen molar-refractivity contribution in [2.45, 2.75) is 26.7 Å². The highest BCUT2D eigenvalue weighted by molar-refractivity contribution is 7.59. The standard InChI is InChI=1S/C4H10.BH3.3FH.H2S/c1-3-4-2;;;;;/h3-4H2,1-2H3;1H3;3*1H;1H2. The number of hydrogen-bond acceptors (Lipinski definition) is 0. The molecule has 0 aliphatic heterocycles. The molecule has 0 aromatic heterocycles. The first kappa shape index (κ1) is 60.3. The Hall–Kier alpha value is 0.205. The Morgan fingerprint density at radius 3 is 0.889 bits per heavy atom. The lowest BCUT2D eigenvalue weighted by Gasteiger charge is -1.68. The molecule has 0 aromatic rings. The van der Waals surface area contributed by atoms with Gasteiger partial charge in [0.2, 0.25) is 0 Å². The van der Waals surface area contributed by atoms with Crippen LogP contribution in [0.2, 0.25) is 0 Å². The Morgan fingerprint density at radius 1 is 0.778 bits per heavy atom. The van der Waals surface area contributed by atoms with Crippen molar-refractivity contribution >= 4 is 21.9 Å². The van der Waals surface area contributed by atoms with Gasteiger partial charge in [0.25, 0.3) is 0 Å². The normalized spacial score (nSPS) is 3.33. The van der Waals surface area contributed by atoms with Gasteiger partial charge < -0.3 is 0 Å². The summed E-state index contributed by atoms with van der Waals surface area (Å²) < 4.78 is 0. The van der Waals surface area contributed by atoms with Gasteiger partial charge in [-0.2, -0.15) is 13.5 Å². The van der Waals surface area contributed by atoms with Gasteiger partial charge in [0.05, 0.1) is 8.41 Å². The Morgan fingerprint density at radius 2 is 0.889 bits per heavy atom. The SMILES string of the molecule is B.CCCC.F.F.F.S. The first-order valence-corrected chi connectivity index (χ1v) is 1.91. The second kappa shape index (κ2) is 87.6. The zero-order valence-electron chi connectivity index (χ0n) is 5.14. The van der Waals surface area contributed by atoms with Crippen LogP contribution in [0.5, 0.6) is 0 Å². The molecule has 0 aliphatic rings. The highest BCUT2D eigenvalue weighted by Crippen LogP contribution is 1.76. The molecule has 5 heteroatoms. The molecule has 0 saturated carbocycles. The summed E-state index contributed by atoms with van der Waals surface area (Å²) in [5.41, 5.74) is 0. The topological polar surface area (TPSA) is 0 Å². The van der Waals surface area contributed by atoms with Crippen molar-refractivity contribution in [2.75, 3.05) is 0 Å². The van der Waals surface area contributed by atoms with Gasteiger partial charge in [-0.05, 0) is 0 Å². The molecular formula is C4H18BF3S. The maximum atomic E-state index is 2.18. The lowest BCUT2D eigenvalue weighted by Crippen LogP contribution is -1.47. The van der Waals surface area contributed by atoms with Crippen LogP contribution in [-0.2, 0) is 0 Å². The van der Waals surface area contributed by atoms with Crippen LogP contribution < -0.4 is 0 Å². The lowest BCUT2D eigenvalue weighted by atomic mass is 10.4. The minimum absolute atomic E-state index is 0. The minimum atomic E-state index is 0. The van der Waals surface area contributed by atoms with Crippen LogP contribution in [0.15, 0.2) is 0 Å². The molecule has 0 spiro atoms. The zero-order chi connectivity index (χ0) is 3.41. The Bertz CT molecular complexity index is 17.8. The molecule has 0 aromatic carbocycles. The molecule has 0 nitrogen and oxygen atoms in total. The summed E-state index contributed by atoms with van der Waals surface area (Å²) in [5, 5.41) is 0. The largest absolute Gasteiger partial charge is 0.269 e. The zero-order valence-corrected chi connectivity index (χ0v) is 6.14. The molecule has 0 unspecified atom stereocenters. The van der Waals surface area contributed by atoms with E-state index in [2.05, 4.69) is 13.8 Å². The Kier molecular flexibility index (Phi) is 587. The quantitative estimate of drug-likeness (QED) is 0.513. The van der Waals surface area contributed by atoms with Gasteiger partial charge in [0.15, 0.2) is 0 Å². The van der Waals surface area contributed by atoms with Crippen LogP contribution in [0.3, 0.4) is 0 Å². The van der Waals surface area contributed by atoms with E-state index in [-0.39, 0.29) is 36.0 Å². The summed E-state index contributed by atoms with van der Waals surface area (Å²) in [5.74, 6) is 0. The number of hydrogen-bond donors (Lipinski definition) is 0. The summed E-state index contributed by atoms with van der Waals surface area (Å²) in [6.07, 6.45) is 2.64. The molecule has 0 saturated heterocycles. The van der Waals surface area contributed by atoms with Crippen molar-refractivity contribution in [3.05, 3.63) is 0 Å². The van der Waals surface area contributed by atoms with Crippen LogP contribution in [0, 0.1) is 0 Å². The lowest BCUT2D eigenvalue weighted by molar-refractivity contribution is 0.886. The molecule has 0 radical (unpaired) electrons. The summed E-state index contributed by atoms with van der Waals surface area (Å²) in [6, 6.07) is 0. The average Bonchev–Trinajstić information content (AvgIpc) is 1.37. The third-order valence-electron chi connectivity index (χ3n) is 0.500. The molecule has 0 heterocycles. The fourth-order valence-electron chi connectivity index (χ4n) is 0. The van der Waals surface area contributed by atoms with Crippen molar-refractivity contribution in [3.8, 4) is 0 Å². The van der Waals surface area contributed by atoms with Gasteiger partial charge in [-0.3, -0.25) is 14.1 Å². The monoisotopic (exact) mass is 166 g/mol. The van der Waals surface area contributed by atoms with E-state index in [0.717, 1.165) is 0 Å². The van der Waals surface area contributed by atoms with E-state index < -0.39 is 0 Å². The van der Waals surface area contributed by atoms with E-state index in [0.29, 0.717) is 0 Å². The highest BCUT2D eigenvalue weighted by Gasteiger charge is 1.56. The van der Waals surface area contributed by atoms with Gasteiger partial charge in [0, 0.05) is 0 Å². The fourth-order valence-corrected chi connectivity index (χ4v) is 0. The summed E-state index contributed by atoms with van der Waals surface area (Å²) >= 11 is 0. The van der Waals surface area contributed by atoms with E-state index in [1.807, 2.05) is 0 Å². The maximum Gasteiger partial charge on any atom is 0.0814 e. The number of halogens is 3. The van der Waals surface area contributed by atoms with E-state index in [1.54, 1.807) is 0 Å². The first-order chi connectivity index (χ1) is 1.91. The van der Waals surface area contributed by atoms with Crippen LogP contribution in [0.25, 0.3) is 0 Å². The van der Waals surface area contributed by atoms with Crippen molar-refractivity contribution in [1.29, 1.82) is 0 Å². The Labute approximate surface area is 63.5 Å². The van der Waals surface area contributed by atoms with Crippen LogP contribution in [-0.4, -0.2) is 8.41 Å². The Balaban J connectivity index is -0.00000000450. The third-order valence-corrected chi connectivity index (χ3v) is 0.500. The molecular weight excluding hydrogens is 148 g/mol. The van der Waals surface area contributed by atoms with Crippen LogP contribution in [0.1, 0.15) is 26.7 Å². The maximum absolute atomic E-state index is 2.18. The van der Waals surface area contributed by atoms with E-state index in [9.17, 15) is 0 Å². The molecule has 0 atom stereocenters. The van der Waals surface area contributed by atoms with Crippen molar-refractivity contribution in [3.63, 3.8) is 0 Å². The molecule has 64 valence electrons. The van der Waals surface area contributed by atoms with Gasteiger partial charge >= 0.3 is 0 Å². The number of unbranched alkanes of at least 4 members (excludes halogenated alkanes) is 1. The van der Waals surface area contributed by atoms with Gasteiger partial charge in [-0.25, -0.2) is 0 Å². The van der Waals surface area contributed by atoms with Gasteiger partial charge in [0.1, 0.15) is 0 Å².